The van der Waals surface area contributed by atoms with Gasteiger partial charge in [0.1, 0.15) is 0 Å². The number of hydrogen-bond acceptors (Lipinski definition) is 2. The Labute approximate surface area is 128 Å². The molecule has 4 aliphatic carbocycles. The van der Waals surface area contributed by atoms with Crippen molar-refractivity contribution in [3.63, 3.8) is 0 Å². The molecule has 0 aromatic rings. The first-order valence-electron chi connectivity index (χ1n) is 9.01. The molecule has 4 rings (SSSR count). The fraction of sp³-hybridized carbons (Fsp3) is 0.895. The van der Waals surface area contributed by atoms with Gasteiger partial charge in [-0.3, -0.25) is 0 Å². The van der Waals surface area contributed by atoms with E-state index in [2.05, 4.69) is 19.9 Å². The molecule has 2 heteroatoms. The van der Waals surface area contributed by atoms with Gasteiger partial charge in [-0.1, -0.05) is 25.5 Å². The molecule has 3 saturated carbocycles. The summed E-state index contributed by atoms with van der Waals surface area (Å²) in [7, 11) is 0. The standard InChI is InChI=1S/C19H30O2/c1-18-9-7-13(20)11-12(18)3-4-14-15-5-6-17(21)19(15,2)10-8-16(14)18/h3,13-17,20-21H,4-11H2,1-2H3/t13?,14?,15?,16?,17?,18-,19-/m0/s1. The van der Waals surface area contributed by atoms with E-state index in [0.29, 0.717) is 11.3 Å². The molecule has 0 aliphatic heterocycles. The summed E-state index contributed by atoms with van der Waals surface area (Å²) in [5.41, 5.74) is 2.05. The molecule has 0 spiro atoms. The van der Waals surface area contributed by atoms with Crippen molar-refractivity contribution in [2.45, 2.75) is 77.4 Å². The monoisotopic (exact) mass is 290 g/mol. The number of allylic oxidation sites excluding steroid dienone is 1. The van der Waals surface area contributed by atoms with Gasteiger partial charge in [0, 0.05) is 0 Å². The summed E-state index contributed by atoms with van der Waals surface area (Å²) < 4.78 is 0. The van der Waals surface area contributed by atoms with Crippen LogP contribution in [-0.2, 0) is 0 Å². The van der Waals surface area contributed by atoms with E-state index in [1.54, 1.807) is 5.57 Å². The van der Waals surface area contributed by atoms with Crippen LogP contribution in [0.3, 0.4) is 0 Å². The van der Waals surface area contributed by atoms with E-state index in [1.165, 1.54) is 25.7 Å². The van der Waals surface area contributed by atoms with Crippen LogP contribution >= 0.6 is 0 Å². The Morgan fingerprint density at radius 1 is 1.00 bits per heavy atom. The molecule has 0 aromatic heterocycles. The Morgan fingerprint density at radius 3 is 2.62 bits per heavy atom. The molecule has 0 amide bonds. The normalized spacial score (nSPS) is 56.2. The van der Waals surface area contributed by atoms with Crippen molar-refractivity contribution >= 4 is 0 Å². The highest BCUT2D eigenvalue weighted by atomic mass is 16.3. The van der Waals surface area contributed by atoms with Gasteiger partial charge < -0.3 is 10.2 Å². The quantitative estimate of drug-likeness (QED) is 0.668. The maximum atomic E-state index is 10.5. The van der Waals surface area contributed by atoms with Crippen molar-refractivity contribution in [1.82, 2.24) is 0 Å². The lowest BCUT2D eigenvalue weighted by molar-refractivity contribution is -0.0711. The average molecular weight is 290 g/mol. The summed E-state index contributed by atoms with van der Waals surface area (Å²) >= 11 is 0. The minimum atomic E-state index is -0.108. The van der Waals surface area contributed by atoms with Crippen LogP contribution in [0.15, 0.2) is 11.6 Å². The molecule has 0 saturated heterocycles. The maximum absolute atomic E-state index is 10.5. The van der Waals surface area contributed by atoms with Gasteiger partial charge in [0.25, 0.3) is 0 Å². The van der Waals surface area contributed by atoms with Crippen LogP contribution in [-0.4, -0.2) is 22.4 Å². The largest absolute Gasteiger partial charge is 0.393 e. The van der Waals surface area contributed by atoms with E-state index < -0.39 is 0 Å². The predicted molar refractivity (Wildman–Crippen MR) is 83.7 cm³/mol. The van der Waals surface area contributed by atoms with Gasteiger partial charge in [-0.05, 0) is 80.0 Å². The lowest BCUT2D eigenvalue weighted by Gasteiger charge is -2.57. The van der Waals surface area contributed by atoms with Crippen LogP contribution in [0.4, 0.5) is 0 Å². The first kappa shape index (κ1) is 14.3. The van der Waals surface area contributed by atoms with Crippen LogP contribution < -0.4 is 0 Å². The van der Waals surface area contributed by atoms with Crippen molar-refractivity contribution in [3.05, 3.63) is 11.6 Å². The zero-order valence-corrected chi connectivity index (χ0v) is 13.5. The number of fused-ring (bicyclic) bond motifs is 5. The molecule has 7 atom stereocenters. The lowest BCUT2D eigenvalue weighted by Crippen LogP contribution is -2.51. The van der Waals surface area contributed by atoms with Crippen LogP contribution in [0.5, 0.6) is 0 Å². The van der Waals surface area contributed by atoms with Crippen LogP contribution in [0, 0.1) is 28.6 Å². The number of rotatable bonds is 0. The third-order valence-corrected chi connectivity index (χ3v) is 8.03. The SMILES string of the molecule is C[C@]12CCC3C(CC=C4CC(O)CC[C@@]43C)C1CCC2O. The molecule has 0 bridgehead atoms. The van der Waals surface area contributed by atoms with Crippen LogP contribution in [0.1, 0.15) is 65.2 Å². The molecule has 2 nitrogen and oxygen atoms in total. The van der Waals surface area contributed by atoms with Crippen molar-refractivity contribution in [2.24, 2.45) is 28.6 Å². The number of aliphatic hydroxyl groups is 2. The van der Waals surface area contributed by atoms with Gasteiger partial charge in [0.05, 0.1) is 12.2 Å². The zero-order chi connectivity index (χ0) is 14.8. The molecule has 3 fully saturated rings. The number of aliphatic hydroxyl groups excluding tert-OH is 2. The summed E-state index contributed by atoms with van der Waals surface area (Å²) in [6.07, 6.45) is 11.2. The fourth-order valence-corrected chi connectivity index (χ4v) is 6.61. The smallest absolute Gasteiger partial charge is 0.0596 e. The third kappa shape index (κ3) is 1.84. The van der Waals surface area contributed by atoms with Gasteiger partial charge in [-0.2, -0.15) is 0 Å². The van der Waals surface area contributed by atoms with Crippen molar-refractivity contribution < 1.29 is 10.2 Å². The fourth-order valence-electron chi connectivity index (χ4n) is 6.61. The Bertz CT molecular complexity index is 470. The molecule has 0 radical (unpaired) electrons. The summed E-state index contributed by atoms with van der Waals surface area (Å²) in [6, 6.07) is 0. The first-order valence-corrected chi connectivity index (χ1v) is 9.01. The van der Waals surface area contributed by atoms with Crippen molar-refractivity contribution in [3.8, 4) is 0 Å². The second-order valence-corrected chi connectivity index (χ2v) is 8.79. The van der Waals surface area contributed by atoms with Crippen LogP contribution in [0.2, 0.25) is 0 Å². The Hall–Kier alpha value is -0.340. The average Bonchev–Trinajstić information content (AvgIpc) is 2.76. The second-order valence-electron chi connectivity index (χ2n) is 8.79. The molecule has 2 N–H and O–H groups in total. The van der Waals surface area contributed by atoms with E-state index in [0.717, 1.165) is 37.5 Å². The van der Waals surface area contributed by atoms with Gasteiger partial charge in [0.2, 0.25) is 0 Å². The zero-order valence-electron chi connectivity index (χ0n) is 13.5. The van der Waals surface area contributed by atoms with Crippen molar-refractivity contribution in [2.75, 3.05) is 0 Å². The molecular weight excluding hydrogens is 260 g/mol. The molecule has 4 aliphatic rings. The Kier molecular flexibility index (Phi) is 3.11. The highest BCUT2D eigenvalue weighted by molar-refractivity contribution is 5.25. The molecule has 118 valence electrons. The summed E-state index contributed by atoms with van der Waals surface area (Å²) in [5.74, 6) is 2.27. The van der Waals surface area contributed by atoms with Gasteiger partial charge in [-0.15, -0.1) is 0 Å². The van der Waals surface area contributed by atoms with E-state index in [9.17, 15) is 10.2 Å². The highest BCUT2D eigenvalue weighted by Gasteiger charge is 2.58. The topological polar surface area (TPSA) is 40.5 Å². The molecule has 21 heavy (non-hydrogen) atoms. The van der Waals surface area contributed by atoms with Crippen molar-refractivity contribution in [1.29, 1.82) is 0 Å². The second kappa shape index (κ2) is 4.58. The van der Waals surface area contributed by atoms with E-state index in [4.69, 9.17) is 0 Å². The minimum absolute atomic E-state index is 0.0742. The van der Waals surface area contributed by atoms with Gasteiger partial charge in [0.15, 0.2) is 0 Å². The molecule has 5 unspecified atom stereocenters. The first-order chi connectivity index (χ1) is 9.95. The van der Waals surface area contributed by atoms with E-state index in [1.807, 2.05) is 0 Å². The van der Waals surface area contributed by atoms with E-state index >= 15 is 0 Å². The van der Waals surface area contributed by atoms with Gasteiger partial charge >= 0.3 is 0 Å². The maximum Gasteiger partial charge on any atom is 0.0596 e. The summed E-state index contributed by atoms with van der Waals surface area (Å²) in [4.78, 5) is 0. The Balaban J connectivity index is 1.68. The Morgan fingerprint density at radius 2 is 1.81 bits per heavy atom. The molecule has 0 aromatic carbocycles. The molecular formula is C19H30O2. The third-order valence-electron chi connectivity index (χ3n) is 8.03. The van der Waals surface area contributed by atoms with E-state index in [-0.39, 0.29) is 17.6 Å². The lowest BCUT2D eigenvalue weighted by atomic mass is 9.48. The van der Waals surface area contributed by atoms with Gasteiger partial charge in [-0.25, -0.2) is 0 Å². The summed E-state index contributed by atoms with van der Waals surface area (Å²) in [5, 5.41) is 20.5. The number of hydrogen-bond donors (Lipinski definition) is 2. The highest BCUT2D eigenvalue weighted by Crippen LogP contribution is 2.64. The summed E-state index contributed by atoms with van der Waals surface area (Å²) in [6.45, 7) is 4.81. The molecule has 0 heterocycles. The minimum Gasteiger partial charge on any atom is -0.393 e. The predicted octanol–water partition coefficient (Wildman–Crippen LogP) is 3.67. The van der Waals surface area contributed by atoms with Crippen LogP contribution in [0.25, 0.3) is 0 Å².